The summed E-state index contributed by atoms with van der Waals surface area (Å²) in [5, 5.41) is 15.7. The molecular weight excluding hydrogens is 422 g/mol. The van der Waals surface area contributed by atoms with Gasteiger partial charge in [0, 0.05) is 17.5 Å². The number of nitrogens with one attached hydrogen (secondary N) is 2. The van der Waals surface area contributed by atoms with Gasteiger partial charge in [-0.2, -0.15) is 0 Å². The second-order valence-corrected chi connectivity index (χ2v) is 7.93. The van der Waals surface area contributed by atoms with Crippen LogP contribution >= 0.6 is 11.6 Å². The van der Waals surface area contributed by atoms with Crippen molar-refractivity contribution in [2.75, 3.05) is 10.6 Å². The summed E-state index contributed by atoms with van der Waals surface area (Å²) in [5.74, 6) is -2.12. The van der Waals surface area contributed by atoms with Gasteiger partial charge in [-0.15, -0.1) is 0 Å². The van der Waals surface area contributed by atoms with Crippen LogP contribution in [0.5, 0.6) is 0 Å². The van der Waals surface area contributed by atoms with Gasteiger partial charge in [-0.25, -0.2) is 4.98 Å². The fraction of sp³-hybridized carbons (Fsp3) is 0.273. The third-order valence-corrected chi connectivity index (χ3v) is 5.69. The molecule has 0 unspecified atom stereocenters. The number of carbonyl (C=O) groups is 3. The molecule has 0 radical (unpaired) electrons. The Bertz CT molecular complexity index is 1130. The molecule has 1 aromatic carbocycles. The van der Waals surface area contributed by atoms with Crippen LogP contribution in [0.2, 0.25) is 5.02 Å². The maximum Gasteiger partial charge on any atom is 0.306 e. The zero-order valence-corrected chi connectivity index (χ0v) is 17.2. The fourth-order valence-electron chi connectivity index (χ4n) is 3.78. The number of hydrogen-bond donors (Lipinski definition) is 3. The van der Waals surface area contributed by atoms with Crippen molar-refractivity contribution in [3.63, 3.8) is 0 Å². The highest BCUT2D eigenvalue weighted by molar-refractivity contribution is 6.30. The SMILES string of the molecule is O=C(Nc1ccc(Cl)cn1)c1oc2ccccc2c1NC(=O)[C@H]1CC[C@H](C(=O)O)CC1. The van der Waals surface area contributed by atoms with Crippen molar-refractivity contribution in [1.82, 2.24) is 4.98 Å². The van der Waals surface area contributed by atoms with Crippen molar-refractivity contribution < 1.29 is 23.9 Å². The number of pyridine rings is 1. The number of amides is 2. The molecule has 8 nitrogen and oxygen atoms in total. The van der Waals surface area contributed by atoms with Gasteiger partial charge in [0.1, 0.15) is 17.1 Å². The van der Waals surface area contributed by atoms with E-state index in [0.29, 0.717) is 47.5 Å². The predicted molar refractivity (Wildman–Crippen MR) is 115 cm³/mol. The number of carboxylic acid groups (broad SMARTS) is 1. The lowest BCUT2D eigenvalue weighted by Gasteiger charge is -2.25. The van der Waals surface area contributed by atoms with Gasteiger partial charge < -0.3 is 20.2 Å². The van der Waals surface area contributed by atoms with Crippen molar-refractivity contribution in [3.8, 4) is 0 Å². The zero-order valence-electron chi connectivity index (χ0n) is 16.4. The maximum atomic E-state index is 12.9. The molecule has 1 aliphatic carbocycles. The van der Waals surface area contributed by atoms with E-state index in [9.17, 15) is 14.4 Å². The van der Waals surface area contributed by atoms with Crippen LogP contribution in [-0.4, -0.2) is 27.9 Å². The molecule has 4 rings (SSSR count). The molecule has 3 N–H and O–H groups in total. The van der Waals surface area contributed by atoms with Gasteiger partial charge in [-0.05, 0) is 49.9 Å². The lowest BCUT2D eigenvalue weighted by atomic mass is 9.81. The molecule has 2 aromatic heterocycles. The molecule has 160 valence electrons. The maximum absolute atomic E-state index is 12.9. The highest BCUT2D eigenvalue weighted by Crippen LogP contribution is 2.34. The first kappa shape index (κ1) is 20.9. The molecular formula is C22H20ClN3O5. The van der Waals surface area contributed by atoms with Crippen LogP contribution in [0.3, 0.4) is 0 Å². The van der Waals surface area contributed by atoms with Crippen LogP contribution in [0.15, 0.2) is 47.0 Å². The number of furan rings is 1. The number of anilines is 2. The summed E-state index contributed by atoms with van der Waals surface area (Å²) >= 11 is 5.83. The van der Waals surface area contributed by atoms with E-state index < -0.39 is 17.8 Å². The second-order valence-electron chi connectivity index (χ2n) is 7.49. The van der Waals surface area contributed by atoms with E-state index >= 15 is 0 Å². The molecule has 2 amide bonds. The number of carbonyl (C=O) groups excluding carboxylic acids is 2. The number of para-hydroxylation sites is 1. The molecule has 3 aromatic rings. The number of benzene rings is 1. The molecule has 31 heavy (non-hydrogen) atoms. The molecule has 1 saturated carbocycles. The molecule has 0 spiro atoms. The Hall–Kier alpha value is -3.39. The third-order valence-electron chi connectivity index (χ3n) is 5.47. The molecule has 1 aliphatic rings. The summed E-state index contributed by atoms with van der Waals surface area (Å²) in [4.78, 5) is 41.0. The Kier molecular flexibility index (Phi) is 5.90. The Labute approximate surface area is 182 Å². The number of aliphatic carboxylic acids is 1. The van der Waals surface area contributed by atoms with Gasteiger partial charge in [0.25, 0.3) is 5.91 Å². The summed E-state index contributed by atoms with van der Waals surface area (Å²) in [7, 11) is 0. The minimum atomic E-state index is -0.825. The number of carboxylic acids is 1. The lowest BCUT2D eigenvalue weighted by molar-refractivity contribution is -0.143. The summed E-state index contributed by atoms with van der Waals surface area (Å²) < 4.78 is 5.74. The predicted octanol–water partition coefficient (Wildman–Crippen LogP) is 4.56. The van der Waals surface area contributed by atoms with Gasteiger partial charge in [0.15, 0.2) is 0 Å². The first-order chi connectivity index (χ1) is 14.9. The minimum absolute atomic E-state index is 0.0366. The number of rotatable bonds is 5. The van der Waals surface area contributed by atoms with E-state index in [0.717, 1.165) is 0 Å². The Morgan fingerprint density at radius 3 is 2.39 bits per heavy atom. The first-order valence-corrected chi connectivity index (χ1v) is 10.3. The molecule has 0 saturated heterocycles. The molecule has 1 fully saturated rings. The van der Waals surface area contributed by atoms with Crippen molar-refractivity contribution in [3.05, 3.63) is 53.4 Å². The molecule has 2 heterocycles. The van der Waals surface area contributed by atoms with Crippen molar-refractivity contribution in [1.29, 1.82) is 0 Å². The van der Waals surface area contributed by atoms with Crippen LogP contribution in [-0.2, 0) is 9.59 Å². The Morgan fingerprint density at radius 1 is 1.00 bits per heavy atom. The fourth-order valence-corrected chi connectivity index (χ4v) is 3.89. The smallest absolute Gasteiger partial charge is 0.306 e. The molecule has 0 atom stereocenters. The Morgan fingerprint density at radius 2 is 1.71 bits per heavy atom. The normalized spacial score (nSPS) is 18.5. The standard InChI is InChI=1S/C22H20ClN3O5/c23-14-9-10-17(24-11-14)25-21(28)19-18(15-3-1-2-4-16(15)31-19)26-20(27)12-5-7-13(8-6-12)22(29)30/h1-4,9-13H,5-8H2,(H,26,27)(H,29,30)(H,24,25,28)/t12-,13-. The second kappa shape index (κ2) is 8.77. The topological polar surface area (TPSA) is 122 Å². The quantitative estimate of drug-likeness (QED) is 0.533. The summed E-state index contributed by atoms with van der Waals surface area (Å²) in [6.45, 7) is 0. The number of aromatic nitrogens is 1. The summed E-state index contributed by atoms with van der Waals surface area (Å²) in [6.07, 6.45) is 3.28. The van der Waals surface area contributed by atoms with Crippen molar-refractivity contribution in [2.45, 2.75) is 25.7 Å². The largest absolute Gasteiger partial charge is 0.481 e. The molecule has 0 aliphatic heterocycles. The van der Waals surface area contributed by atoms with Gasteiger partial charge in [-0.3, -0.25) is 14.4 Å². The van der Waals surface area contributed by atoms with Crippen LogP contribution in [0.1, 0.15) is 36.2 Å². The van der Waals surface area contributed by atoms with E-state index in [4.69, 9.17) is 21.1 Å². The van der Waals surface area contributed by atoms with Gasteiger partial charge in [0.2, 0.25) is 11.7 Å². The number of halogens is 1. The summed E-state index contributed by atoms with van der Waals surface area (Å²) in [5.41, 5.74) is 0.744. The van der Waals surface area contributed by atoms with Gasteiger partial charge in [0.05, 0.1) is 10.9 Å². The highest BCUT2D eigenvalue weighted by atomic mass is 35.5. The number of fused-ring (bicyclic) bond motifs is 1. The van der Waals surface area contributed by atoms with Crippen LogP contribution < -0.4 is 10.6 Å². The van der Waals surface area contributed by atoms with Gasteiger partial charge in [-0.1, -0.05) is 23.7 Å². The molecule has 0 bridgehead atoms. The van der Waals surface area contributed by atoms with Crippen LogP contribution in [0.4, 0.5) is 11.5 Å². The van der Waals surface area contributed by atoms with Crippen LogP contribution in [0, 0.1) is 11.8 Å². The van der Waals surface area contributed by atoms with E-state index in [-0.39, 0.29) is 23.3 Å². The Balaban J connectivity index is 1.56. The number of hydrogen-bond acceptors (Lipinski definition) is 5. The van der Waals surface area contributed by atoms with Crippen molar-refractivity contribution >= 4 is 51.9 Å². The molecule has 9 heteroatoms. The van der Waals surface area contributed by atoms with Crippen molar-refractivity contribution in [2.24, 2.45) is 11.8 Å². The average Bonchev–Trinajstić information content (AvgIpc) is 3.14. The zero-order chi connectivity index (χ0) is 22.0. The minimum Gasteiger partial charge on any atom is -0.481 e. The first-order valence-electron chi connectivity index (χ1n) is 9.90. The highest BCUT2D eigenvalue weighted by Gasteiger charge is 2.31. The van der Waals surface area contributed by atoms with Gasteiger partial charge >= 0.3 is 5.97 Å². The van der Waals surface area contributed by atoms with E-state index in [2.05, 4.69) is 15.6 Å². The average molecular weight is 442 g/mol. The number of nitrogens with zero attached hydrogens (tertiary/aromatic N) is 1. The third kappa shape index (κ3) is 4.54. The lowest BCUT2D eigenvalue weighted by Crippen LogP contribution is -2.30. The van der Waals surface area contributed by atoms with E-state index in [1.54, 1.807) is 36.4 Å². The van der Waals surface area contributed by atoms with E-state index in [1.165, 1.54) is 6.20 Å². The van der Waals surface area contributed by atoms with Crippen LogP contribution in [0.25, 0.3) is 11.0 Å². The van der Waals surface area contributed by atoms with E-state index in [1.807, 2.05) is 0 Å². The monoisotopic (exact) mass is 441 g/mol. The summed E-state index contributed by atoms with van der Waals surface area (Å²) in [6, 6.07) is 10.2.